The van der Waals surface area contributed by atoms with E-state index in [4.69, 9.17) is 0 Å². The molecule has 2 rings (SSSR count). The van der Waals surface area contributed by atoms with E-state index in [9.17, 15) is 9.59 Å². The van der Waals surface area contributed by atoms with Gasteiger partial charge < -0.3 is 5.32 Å². The van der Waals surface area contributed by atoms with E-state index in [0.717, 1.165) is 19.3 Å². The molecule has 3 heteroatoms. The highest BCUT2D eigenvalue weighted by Gasteiger charge is 2.25. The van der Waals surface area contributed by atoms with Crippen LogP contribution in [0.3, 0.4) is 0 Å². The number of carbonyl (C=O) groups is 2. The highest BCUT2D eigenvalue weighted by atomic mass is 16.2. The van der Waals surface area contributed by atoms with Gasteiger partial charge in [0.25, 0.3) is 0 Å². The lowest BCUT2D eigenvalue weighted by Gasteiger charge is -2.24. The first kappa shape index (κ1) is 12.8. The number of hydrogen-bond acceptors (Lipinski definition) is 2. The number of benzene rings is 1. The lowest BCUT2D eigenvalue weighted by atomic mass is 9.83. The molecule has 18 heavy (non-hydrogen) atoms. The van der Waals surface area contributed by atoms with E-state index in [-0.39, 0.29) is 23.7 Å². The highest BCUT2D eigenvalue weighted by molar-refractivity contribution is 5.88. The first-order valence-electron chi connectivity index (χ1n) is 6.45. The molecule has 2 unspecified atom stereocenters. The molecule has 0 aliphatic heterocycles. The minimum atomic E-state index is -0.380. The van der Waals surface area contributed by atoms with Crippen molar-refractivity contribution in [2.24, 2.45) is 5.92 Å². The monoisotopic (exact) mass is 245 g/mol. The Morgan fingerprint density at radius 2 is 1.94 bits per heavy atom. The zero-order chi connectivity index (χ0) is 13.1. The fourth-order valence-corrected chi connectivity index (χ4v) is 2.35. The van der Waals surface area contributed by atoms with Crippen molar-refractivity contribution in [1.82, 2.24) is 5.32 Å². The van der Waals surface area contributed by atoms with Gasteiger partial charge in [-0.2, -0.15) is 0 Å². The van der Waals surface area contributed by atoms with E-state index in [1.54, 1.807) is 6.92 Å². The number of hydrogen-bond donors (Lipinski definition) is 1. The van der Waals surface area contributed by atoms with Gasteiger partial charge in [0.05, 0.1) is 6.04 Å². The predicted octanol–water partition coefficient (Wildman–Crippen LogP) is 1.89. The molecule has 0 fully saturated rings. The molecular formula is C15H19NO2. The number of ketones is 1. The minimum absolute atomic E-state index is 0.000408. The smallest absolute Gasteiger partial charge is 0.224 e. The number of aryl methyl sites for hydroxylation is 1. The molecule has 1 aromatic rings. The Labute approximate surface area is 108 Å². The van der Waals surface area contributed by atoms with Crippen molar-refractivity contribution in [2.75, 3.05) is 0 Å². The molecular weight excluding hydrogens is 226 g/mol. The Morgan fingerprint density at radius 3 is 2.61 bits per heavy atom. The molecule has 0 radical (unpaired) electrons. The third kappa shape index (κ3) is 2.78. The summed E-state index contributed by atoms with van der Waals surface area (Å²) in [5.41, 5.74) is 2.61. The maximum Gasteiger partial charge on any atom is 0.224 e. The summed E-state index contributed by atoms with van der Waals surface area (Å²) in [6.45, 7) is 3.23. The molecule has 0 spiro atoms. The van der Waals surface area contributed by atoms with Crippen LogP contribution in [0.1, 0.15) is 31.4 Å². The Kier molecular flexibility index (Phi) is 3.80. The second-order valence-electron chi connectivity index (χ2n) is 5.05. The van der Waals surface area contributed by atoms with E-state index >= 15 is 0 Å². The number of Topliss-reactive ketones (excluding diaryl/α,β-unsaturated/α-hetero) is 1. The topological polar surface area (TPSA) is 46.2 Å². The highest BCUT2D eigenvalue weighted by Crippen LogP contribution is 2.25. The summed E-state index contributed by atoms with van der Waals surface area (Å²) in [7, 11) is 0. The fourth-order valence-electron chi connectivity index (χ4n) is 2.35. The first-order chi connectivity index (χ1) is 8.58. The van der Waals surface area contributed by atoms with E-state index in [1.165, 1.54) is 18.1 Å². The Bertz CT molecular complexity index is 467. The van der Waals surface area contributed by atoms with Gasteiger partial charge in [-0.1, -0.05) is 24.3 Å². The Balaban J connectivity index is 2.00. The second-order valence-corrected chi connectivity index (χ2v) is 5.05. The Hall–Kier alpha value is -1.64. The van der Waals surface area contributed by atoms with Crippen molar-refractivity contribution >= 4 is 11.7 Å². The van der Waals surface area contributed by atoms with Gasteiger partial charge in [-0.05, 0) is 44.2 Å². The molecule has 96 valence electrons. The van der Waals surface area contributed by atoms with Crippen molar-refractivity contribution in [3.05, 3.63) is 35.4 Å². The average molecular weight is 245 g/mol. The molecule has 1 aliphatic rings. The van der Waals surface area contributed by atoms with Gasteiger partial charge in [0.2, 0.25) is 5.91 Å². The van der Waals surface area contributed by atoms with Crippen molar-refractivity contribution in [1.29, 1.82) is 0 Å². The van der Waals surface area contributed by atoms with E-state index < -0.39 is 0 Å². The molecule has 1 aliphatic carbocycles. The SMILES string of the molecule is CC(=O)C(C)NC(=O)C1CCc2ccccc2C1. The lowest BCUT2D eigenvalue weighted by Crippen LogP contribution is -2.42. The first-order valence-corrected chi connectivity index (χ1v) is 6.45. The third-order valence-electron chi connectivity index (χ3n) is 3.69. The summed E-state index contributed by atoms with van der Waals surface area (Å²) in [5.74, 6) is 0.00784. The third-order valence-corrected chi connectivity index (χ3v) is 3.69. The number of amides is 1. The summed E-state index contributed by atoms with van der Waals surface area (Å²) in [6.07, 6.45) is 2.60. The van der Waals surface area contributed by atoms with Crippen LogP contribution in [0.25, 0.3) is 0 Å². The van der Waals surface area contributed by atoms with Gasteiger partial charge in [-0.3, -0.25) is 9.59 Å². The summed E-state index contributed by atoms with van der Waals surface area (Å²) >= 11 is 0. The minimum Gasteiger partial charge on any atom is -0.346 e. The van der Waals surface area contributed by atoms with Crippen LogP contribution < -0.4 is 5.32 Å². The molecule has 2 atom stereocenters. The average Bonchev–Trinajstić information content (AvgIpc) is 2.37. The van der Waals surface area contributed by atoms with Crippen molar-refractivity contribution in [2.45, 2.75) is 39.2 Å². The number of rotatable bonds is 3. The van der Waals surface area contributed by atoms with Gasteiger partial charge in [0, 0.05) is 5.92 Å². The largest absolute Gasteiger partial charge is 0.346 e. The fraction of sp³-hybridized carbons (Fsp3) is 0.467. The molecule has 1 aromatic carbocycles. The molecule has 0 bridgehead atoms. The van der Waals surface area contributed by atoms with Crippen LogP contribution in [0, 0.1) is 5.92 Å². The number of fused-ring (bicyclic) bond motifs is 1. The van der Waals surface area contributed by atoms with Crippen LogP contribution in [0.15, 0.2) is 24.3 Å². The van der Waals surface area contributed by atoms with Crippen LogP contribution in [-0.2, 0) is 22.4 Å². The summed E-state index contributed by atoms with van der Waals surface area (Å²) < 4.78 is 0. The molecule has 0 heterocycles. The van der Waals surface area contributed by atoms with Crippen molar-refractivity contribution in [3.8, 4) is 0 Å². The zero-order valence-electron chi connectivity index (χ0n) is 10.9. The lowest BCUT2D eigenvalue weighted by molar-refractivity contribution is -0.129. The Morgan fingerprint density at radius 1 is 1.28 bits per heavy atom. The maximum atomic E-state index is 12.1. The van der Waals surface area contributed by atoms with Crippen LogP contribution >= 0.6 is 0 Å². The van der Waals surface area contributed by atoms with E-state index in [0.29, 0.717) is 0 Å². The number of carbonyl (C=O) groups excluding carboxylic acids is 2. The van der Waals surface area contributed by atoms with Gasteiger partial charge in [0.15, 0.2) is 5.78 Å². The van der Waals surface area contributed by atoms with E-state index in [1.807, 2.05) is 12.1 Å². The second kappa shape index (κ2) is 5.34. The molecule has 0 saturated heterocycles. The van der Waals surface area contributed by atoms with Crippen LogP contribution in [0.5, 0.6) is 0 Å². The standard InChI is InChI=1S/C15H19NO2/c1-10(11(2)17)16-15(18)14-8-7-12-5-3-4-6-13(12)9-14/h3-6,10,14H,7-9H2,1-2H3,(H,16,18). The van der Waals surface area contributed by atoms with Crippen molar-refractivity contribution < 1.29 is 9.59 Å². The van der Waals surface area contributed by atoms with Crippen molar-refractivity contribution in [3.63, 3.8) is 0 Å². The number of nitrogens with one attached hydrogen (secondary N) is 1. The predicted molar refractivity (Wildman–Crippen MR) is 70.2 cm³/mol. The molecule has 3 nitrogen and oxygen atoms in total. The quantitative estimate of drug-likeness (QED) is 0.884. The van der Waals surface area contributed by atoms with Gasteiger partial charge in [-0.25, -0.2) is 0 Å². The maximum absolute atomic E-state index is 12.1. The van der Waals surface area contributed by atoms with Crippen LogP contribution in [0.4, 0.5) is 0 Å². The van der Waals surface area contributed by atoms with Gasteiger partial charge in [0.1, 0.15) is 0 Å². The summed E-state index contributed by atoms with van der Waals surface area (Å²) in [4.78, 5) is 23.2. The molecule has 0 aromatic heterocycles. The van der Waals surface area contributed by atoms with Crippen LogP contribution in [-0.4, -0.2) is 17.7 Å². The molecule has 0 saturated carbocycles. The molecule has 1 N–H and O–H groups in total. The summed E-state index contributed by atoms with van der Waals surface area (Å²) in [5, 5.41) is 2.79. The normalized spacial score (nSPS) is 19.8. The van der Waals surface area contributed by atoms with Gasteiger partial charge >= 0.3 is 0 Å². The van der Waals surface area contributed by atoms with Crippen LogP contribution in [0.2, 0.25) is 0 Å². The molecule has 1 amide bonds. The zero-order valence-corrected chi connectivity index (χ0v) is 10.9. The van der Waals surface area contributed by atoms with E-state index in [2.05, 4.69) is 17.4 Å². The summed E-state index contributed by atoms with van der Waals surface area (Å²) in [6, 6.07) is 7.88. The van der Waals surface area contributed by atoms with Gasteiger partial charge in [-0.15, -0.1) is 0 Å².